The number of carboxylic acid groups (broad SMARTS) is 1. The zero-order chi connectivity index (χ0) is 17.9. The molecule has 6 nitrogen and oxygen atoms in total. The second-order valence-corrected chi connectivity index (χ2v) is 6.31. The van der Waals surface area contributed by atoms with E-state index in [1.54, 1.807) is 18.2 Å². The summed E-state index contributed by atoms with van der Waals surface area (Å²) in [5.41, 5.74) is -2.12. The maximum absolute atomic E-state index is 14.2. The Kier molecular flexibility index (Phi) is 5.31. The Bertz CT molecular complexity index is 633. The molecule has 0 spiro atoms. The van der Waals surface area contributed by atoms with E-state index >= 15 is 0 Å². The lowest BCUT2D eigenvalue weighted by atomic mass is 10.1. The third-order valence-electron chi connectivity index (χ3n) is 3.88. The number of amides is 1. The van der Waals surface area contributed by atoms with Gasteiger partial charge in [0.25, 0.3) is 5.91 Å². The van der Waals surface area contributed by atoms with Gasteiger partial charge in [0, 0.05) is 19.0 Å². The summed E-state index contributed by atoms with van der Waals surface area (Å²) in [6, 6.07) is 4.77. The van der Waals surface area contributed by atoms with Crippen LogP contribution in [0.25, 0.3) is 0 Å². The van der Waals surface area contributed by atoms with E-state index in [0.717, 1.165) is 0 Å². The Morgan fingerprint density at radius 1 is 1.42 bits per heavy atom. The molecule has 1 aromatic carbocycles. The number of hydrogen-bond acceptors (Lipinski definition) is 4. The summed E-state index contributed by atoms with van der Waals surface area (Å²) in [5.74, 6) is -0.839. The molecule has 1 aromatic rings. The molecule has 0 aromatic heterocycles. The SMILES string of the molecule is COc1ccc(C(=O)N2CCC(F)(C(=O)O)C2)c(OCC(C)C)c1. The van der Waals surface area contributed by atoms with Crippen molar-refractivity contribution in [3.63, 3.8) is 0 Å². The molecule has 1 amide bonds. The summed E-state index contributed by atoms with van der Waals surface area (Å²) in [6.07, 6.45) is -0.216. The Morgan fingerprint density at radius 2 is 2.12 bits per heavy atom. The maximum atomic E-state index is 14.2. The number of benzene rings is 1. The number of carboxylic acids is 1. The first kappa shape index (κ1) is 18.0. The van der Waals surface area contributed by atoms with E-state index in [1.807, 2.05) is 13.8 Å². The van der Waals surface area contributed by atoms with Gasteiger partial charge in [-0.05, 0) is 18.1 Å². The van der Waals surface area contributed by atoms with Crippen LogP contribution in [-0.4, -0.2) is 54.4 Å². The van der Waals surface area contributed by atoms with E-state index < -0.39 is 24.1 Å². The molecule has 2 rings (SSSR count). The number of ether oxygens (including phenoxy) is 2. The minimum atomic E-state index is -2.39. The first-order valence-electron chi connectivity index (χ1n) is 7.79. The largest absolute Gasteiger partial charge is 0.497 e. The second kappa shape index (κ2) is 7.07. The van der Waals surface area contributed by atoms with E-state index in [-0.39, 0.29) is 24.4 Å². The molecule has 7 heteroatoms. The van der Waals surface area contributed by atoms with E-state index in [0.29, 0.717) is 18.1 Å². The Balaban J connectivity index is 2.24. The van der Waals surface area contributed by atoms with Crippen molar-refractivity contribution < 1.29 is 28.6 Å². The molecule has 1 heterocycles. The Morgan fingerprint density at radius 3 is 2.67 bits per heavy atom. The zero-order valence-electron chi connectivity index (χ0n) is 14.0. The van der Waals surface area contributed by atoms with Crippen molar-refractivity contribution in [1.29, 1.82) is 0 Å². The second-order valence-electron chi connectivity index (χ2n) is 6.31. The van der Waals surface area contributed by atoms with Crippen molar-refractivity contribution in [2.75, 3.05) is 26.8 Å². The third kappa shape index (κ3) is 3.77. The number of aliphatic carboxylic acids is 1. The number of carbonyl (C=O) groups is 2. The number of halogens is 1. The number of alkyl halides is 1. The first-order chi connectivity index (χ1) is 11.3. The fraction of sp³-hybridized carbons (Fsp3) is 0.529. The van der Waals surface area contributed by atoms with Crippen molar-refractivity contribution >= 4 is 11.9 Å². The van der Waals surface area contributed by atoms with Crippen LogP contribution in [0.1, 0.15) is 30.6 Å². The number of rotatable bonds is 6. The number of carbonyl (C=O) groups excluding carboxylic acids is 1. The van der Waals surface area contributed by atoms with Crippen LogP contribution in [0.3, 0.4) is 0 Å². The number of nitrogens with zero attached hydrogens (tertiary/aromatic N) is 1. The lowest BCUT2D eigenvalue weighted by molar-refractivity contribution is -0.149. The number of likely N-dealkylation sites (tertiary alicyclic amines) is 1. The highest BCUT2D eigenvalue weighted by Crippen LogP contribution is 2.31. The minimum Gasteiger partial charge on any atom is -0.497 e. The average Bonchev–Trinajstić information content (AvgIpc) is 2.96. The Labute approximate surface area is 140 Å². The summed E-state index contributed by atoms with van der Waals surface area (Å²) in [5, 5.41) is 8.96. The van der Waals surface area contributed by atoms with Gasteiger partial charge in [-0.3, -0.25) is 4.79 Å². The molecule has 1 aliphatic rings. The monoisotopic (exact) mass is 339 g/mol. The van der Waals surface area contributed by atoms with Gasteiger partial charge in [-0.15, -0.1) is 0 Å². The molecule has 0 aliphatic carbocycles. The lowest BCUT2D eigenvalue weighted by Crippen LogP contribution is -2.39. The van der Waals surface area contributed by atoms with E-state index in [4.69, 9.17) is 14.6 Å². The predicted molar refractivity (Wildman–Crippen MR) is 85.3 cm³/mol. The van der Waals surface area contributed by atoms with Crippen LogP contribution in [0.4, 0.5) is 4.39 Å². The van der Waals surface area contributed by atoms with Gasteiger partial charge in [0.1, 0.15) is 11.5 Å². The van der Waals surface area contributed by atoms with Gasteiger partial charge in [0.15, 0.2) is 0 Å². The van der Waals surface area contributed by atoms with Crippen LogP contribution in [0.15, 0.2) is 18.2 Å². The molecule has 24 heavy (non-hydrogen) atoms. The fourth-order valence-corrected chi connectivity index (χ4v) is 2.47. The van der Waals surface area contributed by atoms with Crippen LogP contribution >= 0.6 is 0 Å². The number of methoxy groups -OCH3 is 1. The first-order valence-corrected chi connectivity index (χ1v) is 7.79. The van der Waals surface area contributed by atoms with Gasteiger partial charge in [0.05, 0.1) is 25.8 Å². The molecule has 0 bridgehead atoms. The summed E-state index contributed by atoms with van der Waals surface area (Å²) in [6.45, 7) is 3.96. The summed E-state index contributed by atoms with van der Waals surface area (Å²) in [4.78, 5) is 24.9. The van der Waals surface area contributed by atoms with Gasteiger partial charge in [-0.1, -0.05) is 13.8 Å². The van der Waals surface area contributed by atoms with Crippen molar-refractivity contribution in [3.8, 4) is 11.5 Å². The molecule has 1 fully saturated rings. The zero-order valence-corrected chi connectivity index (χ0v) is 14.0. The average molecular weight is 339 g/mol. The van der Waals surface area contributed by atoms with Gasteiger partial charge in [-0.25, -0.2) is 9.18 Å². The molecular weight excluding hydrogens is 317 g/mol. The lowest BCUT2D eigenvalue weighted by Gasteiger charge is -2.20. The molecule has 1 atom stereocenters. The summed E-state index contributed by atoms with van der Waals surface area (Å²) in [7, 11) is 1.51. The van der Waals surface area contributed by atoms with Crippen molar-refractivity contribution in [2.24, 2.45) is 5.92 Å². The minimum absolute atomic E-state index is 0.0529. The van der Waals surface area contributed by atoms with Crippen LogP contribution in [-0.2, 0) is 4.79 Å². The highest BCUT2D eigenvalue weighted by molar-refractivity contribution is 5.98. The summed E-state index contributed by atoms with van der Waals surface area (Å²) < 4.78 is 25.0. The molecule has 1 N–H and O–H groups in total. The topological polar surface area (TPSA) is 76.1 Å². The fourth-order valence-electron chi connectivity index (χ4n) is 2.47. The highest BCUT2D eigenvalue weighted by Gasteiger charge is 2.47. The van der Waals surface area contributed by atoms with Gasteiger partial charge in [-0.2, -0.15) is 0 Å². The molecule has 1 unspecified atom stereocenters. The Hall–Kier alpha value is -2.31. The van der Waals surface area contributed by atoms with E-state index in [2.05, 4.69) is 0 Å². The highest BCUT2D eigenvalue weighted by atomic mass is 19.1. The van der Waals surface area contributed by atoms with Crippen LogP contribution in [0, 0.1) is 5.92 Å². The van der Waals surface area contributed by atoms with E-state index in [9.17, 15) is 14.0 Å². The summed E-state index contributed by atoms with van der Waals surface area (Å²) >= 11 is 0. The molecular formula is C17H22FNO5. The maximum Gasteiger partial charge on any atom is 0.343 e. The van der Waals surface area contributed by atoms with Crippen molar-refractivity contribution in [3.05, 3.63) is 23.8 Å². The molecule has 132 valence electrons. The third-order valence-corrected chi connectivity index (χ3v) is 3.88. The standard InChI is InChI=1S/C17H22FNO5/c1-11(2)9-24-14-8-12(23-3)4-5-13(14)15(20)19-7-6-17(18,10-19)16(21)22/h4-5,8,11H,6-7,9-10H2,1-3H3,(H,21,22). The molecule has 0 saturated carbocycles. The molecule has 1 saturated heterocycles. The molecule has 1 aliphatic heterocycles. The molecule has 0 radical (unpaired) electrons. The van der Waals surface area contributed by atoms with Crippen LogP contribution in [0.2, 0.25) is 0 Å². The number of hydrogen-bond donors (Lipinski definition) is 1. The quantitative estimate of drug-likeness (QED) is 0.861. The smallest absolute Gasteiger partial charge is 0.343 e. The van der Waals surface area contributed by atoms with Crippen LogP contribution in [0.5, 0.6) is 11.5 Å². The normalized spacial score (nSPS) is 20.3. The van der Waals surface area contributed by atoms with E-state index in [1.165, 1.54) is 12.0 Å². The predicted octanol–water partition coefficient (Wildman–Crippen LogP) is 2.37. The van der Waals surface area contributed by atoms with Crippen molar-refractivity contribution in [2.45, 2.75) is 25.9 Å². The van der Waals surface area contributed by atoms with Gasteiger partial charge >= 0.3 is 5.97 Å². The van der Waals surface area contributed by atoms with Crippen LogP contribution < -0.4 is 9.47 Å². The van der Waals surface area contributed by atoms with Crippen molar-refractivity contribution in [1.82, 2.24) is 4.90 Å². The van der Waals surface area contributed by atoms with Gasteiger partial charge in [0.2, 0.25) is 5.67 Å². The van der Waals surface area contributed by atoms with Gasteiger partial charge < -0.3 is 19.5 Å².